The van der Waals surface area contributed by atoms with E-state index in [2.05, 4.69) is 54.2 Å². The lowest BCUT2D eigenvalue weighted by Gasteiger charge is -2.28. The molecule has 0 radical (unpaired) electrons. The average molecular weight is 485 g/mol. The Hall–Kier alpha value is -3.65. The summed E-state index contributed by atoms with van der Waals surface area (Å²) in [5.74, 6) is 0.935. The highest BCUT2D eigenvalue weighted by atomic mass is 32.2. The van der Waals surface area contributed by atoms with Gasteiger partial charge in [-0.2, -0.15) is 0 Å². The molecule has 2 aromatic carbocycles. The molecular weight excluding hydrogens is 456 g/mol. The molecule has 0 bridgehead atoms. The number of piperidine rings is 1. The van der Waals surface area contributed by atoms with Crippen LogP contribution in [0.1, 0.15) is 24.8 Å². The quantitative estimate of drug-likeness (QED) is 0.350. The summed E-state index contributed by atoms with van der Waals surface area (Å²) in [4.78, 5) is 19.2. The molecule has 0 spiro atoms. The first-order valence-electron chi connectivity index (χ1n) is 11.9. The van der Waals surface area contributed by atoms with Crippen LogP contribution in [0.5, 0.6) is 0 Å². The minimum atomic E-state index is -0.0690. The molecule has 3 heterocycles. The molecule has 0 saturated carbocycles. The van der Waals surface area contributed by atoms with Crippen LogP contribution in [0, 0.1) is 0 Å². The minimum absolute atomic E-state index is 0.0690. The van der Waals surface area contributed by atoms with Gasteiger partial charge in [-0.15, -0.1) is 10.2 Å². The molecule has 1 amide bonds. The van der Waals surface area contributed by atoms with Crippen LogP contribution in [0.3, 0.4) is 0 Å². The first-order chi connectivity index (χ1) is 17.3. The highest BCUT2D eigenvalue weighted by molar-refractivity contribution is 7.99. The smallest absolute Gasteiger partial charge is 0.234 e. The number of nitrogens with one attached hydrogen (secondary N) is 1. The molecule has 0 atom stereocenters. The zero-order chi connectivity index (χ0) is 23.9. The Morgan fingerprint density at radius 2 is 1.63 bits per heavy atom. The fourth-order valence-corrected chi connectivity index (χ4v) is 4.99. The maximum absolute atomic E-state index is 12.7. The van der Waals surface area contributed by atoms with E-state index in [1.165, 1.54) is 36.7 Å². The number of hydrogen-bond acceptors (Lipinski definition) is 6. The summed E-state index contributed by atoms with van der Waals surface area (Å²) in [6, 6.07) is 22.1. The van der Waals surface area contributed by atoms with Gasteiger partial charge in [0.25, 0.3) is 0 Å². The monoisotopic (exact) mass is 484 g/mol. The topological polar surface area (TPSA) is 75.9 Å². The molecule has 0 aliphatic carbocycles. The molecule has 1 N–H and O–H groups in total. The Bertz CT molecular complexity index is 1240. The molecule has 7 nitrogen and oxygen atoms in total. The lowest BCUT2D eigenvalue weighted by Crippen LogP contribution is -2.29. The van der Waals surface area contributed by atoms with E-state index in [4.69, 9.17) is 0 Å². The van der Waals surface area contributed by atoms with Crippen LogP contribution in [-0.2, 0) is 11.3 Å². The number of amides is 1. The molecule has 1 fully saturated rings. The molecule has 2 aromatic heterocycles. The maximum atomic E-state index is 12.7. The van der Waals surface area contributed by atoms with Crippen LogP contribution in [0.2, 0.25) is 0 Å². The molecule has 1 aliphatic rings. The first-order valence-corrected chi connectivity index (χ1v) is 12.9. The van der Waals surface area contributed by atoms with Crippen molar-refractivity contribution >= 4 is 29.0 Å². The second-order valence-corrected chi connectivity index (χ2v) is 9.49. The molecule has 1 aliphatic heterocycles. The van der Waals surface area contributed by atoms with Crippen molar-refractivity contribution in [2.75, 3.05) is 29.1 Å². The number of hydrogen-bond donors (Lipinski definition) is 1. The van der Waals surface area contributed by atoms with Crippen LogP contribution in [0.4, 0.5) is 11.4 Å². The molecule has 5 rings (SSSR count). The van der Waals surface area contributed by atoms with E-state index in [1.807, 2.05) is 42.5 Å². The zero-order valence-corrected chi connectivity index (χ0v) is 20.3. The average Bonchev–Trinajstić information content (AvgIpc) is 3.32. The van der Waals surface area contributed by atoms with Crippen LogP contribution in [-0.4, -0.2) is 44.5 Å². The van der Waals surface area contributed by atoms with E-state index in [9.17, 15) is 4.79 Å². The SMILES string of the molecule is O=C(CSc1nnc(-c2ccncc2)n1Cc1ccccc1)Nc1ccc(N2CCCCC2)cc1. The fourth-order valence-electron chi connectivity index (χ4n) is 4.25. The molecule has 0 unspecified atom stereocenters. The van der Waals surface area contributed by atoms with Crippen molar-refractivity contribution in [3.63, 3.8) is 0 Å². The lowest BCUT2D eigenvalue weighted by molar-refractivity contribution is -0.113. The first kappa shape index (κ1) is 23.1. The van der Waals surface area contributed by atoms with Gasteiger partial charge in [-0.25, -0.2) is 0 Å². The Morgan fingerprint density at radius 3 is 2.37 bits per heavy atom. The van der Waals surface area contributed by atoms with Gasteiger partial charge < -0.3 is 10.2 Å². The summed E-state index contributed by atoms with van der Waals surface area (Å²) < 4.78 is 2.05. The molecular formula is C27H28N6OS. The molecule has 1 saturated heterocycles. The van der Waals surface area contributed by atoms with Crippen LogP contribution in [0.15, 0.2) is 84.3 Å². The van der Waals surface area contributed by atoms with Crippen molar-refractivity contribution in [1.29, 1.82) is 0 Å². The van der Waals surface area contributed by atoms with E-state index in [-0.39, 0.29) is 11.7 Å². The third kappa shape index (κ3) is 5.89. The van der Waals surface area contributed by atoms with E-state index in [0.717, 1.165) is 35.7 Å². The normalized spacial score (nSPS) is 13.5. The van der Waals surface area contributed by atoms with Crippen molar-refractivity contribution in [3.05, 3.63) is 84.7 Å². The van der Waals surface area contributed by atoms with Crippen LogP contribution in [0.25, 0.3) is 11.4 Å². The lowest BCUT2D eigenvalue weighted by atomic mass is 10.1. The number of pyridine rings is 1. The number of thioether (sulfide) groups is 1. The van der Waals surface area contributed by atoms with Gasteiger partial charge >= 0.3 is 0 Å². The fraction of sp³-hybridized carbons (Fsp3) is 0.259. The number of carbonyl (C=O) groups excluding carboxylic acids is 1. The molecule has 35 heavy (non-hydrogen) atoms. The largest absolute Gasteiger partial charge is 0.372 e. The Labute approximate surface area is 209 Å². The van der Waals surface area contributed by atoms with E-state index in [0.29, 0.717) is 11.7 Å². The Kier molecular flexibility index (Phi) is 7.38. The van der Waals surface area contributed by atoms with Crippen molar-refractivity contribution in [2.24, 2.45) is 0 Å². The second-order valence-electron chi connectivity index (χ2n) is 8.55. The van der Waals surface area contributed by atoms with Gasteiger partial charge in [0.15, 0.2) is 11.0 Å². The molecule has 178 valence electrons. The number of nitrogens with zero attached hydrogens (tertiary/aromatic N) is 5. The summed E-state index contributed by atoms with van der Waals surface area (Å²) in [7, 11) is 0. The van der Waals surface area contributed by atoms with Crippen LogP contribution < -0.4 is 10.2 Å². The van der Waals surface area contributed by atoms with Crippen molar-refractivity contribution in [2.45, 2.75) is 31.0 Å². The number of aromatic nitrogens is 4. The van der Waals surface area contributed by atoms with Gasteiger partial charge in [0.05, 0.1) is 12.3 Å². The Morgan fingerprint density at radius 1 is 0.886 bits per heavy atom. The predicted molar refractivity (Wildman–Crippen MR) is 141 cm³/mol. The van der Waals surface area contributed by atoms with Crippen molar-refractivity contribution < 1.29 is 4.79 Å². The van der Waals surface area contributed by atoms with Crippen molar-refractivity contribution in [1.82, 2.24) is 19.7 Å². The molecule has 8 heteroatoms. The Balaban J connectivity index is 1.25. The van der Waals surface area contributed by atoms with E-state index in [1.54, 1.807) is 12.4 Å². The highest BCUT2D eigenvalue weighted by Gasteiger charge is 2.17. The summed E-state index contributed by atoms with van der Waals surface area (Å²) in [6.45, 7) is 2.83. The highest BCUT2D eigenvalue weighted by Crippen LogP contribution is 2.26. The third-order valence-corrected chi connectivity index (χ3v) is 7.01. The van der Waals surface area contributed by atoms with Gasteiger partial charge in [-0.05, 0) is 61.2 Å². The number of anilines is 2. The van der Waals surface area contributed by atoms with Crippen LogP contribution >= 0.6 is 11.8 Å². The summed E-state index contributed by atoms with van der Waals surface area (Å²) in [6.07, 6.45) is 7.29. The number of rotatable bonds is 8. The van der Waals surface area contributed by atoms with E-state index < -0.39 is 0 Å². The van der Waals surface area contributed by atoms with Gasteiger partial charge in [0.2, 0.25) is 5.91 Å². The van der Waals surface area contributed by atoms with Gasteiger partial charge in [-0.3, -0.25) is 14.3 Å². The van der Waals surface area contributed by atoms with Gasteiger partial charge in [-0.1, -0.05) is 42.1 Å². The minimum Gasteiger partial charge on any atom is -0.372 e. The van der Waals surface area contributed by atoms with E-state index >= 15 is 0 Å². The maximum Gasteiger partial charge on any atom is 0.234 e. The predicted octanol–water partition coefficient (Wildman–Crippen LogP) is 5.11. The third-order valence-electron chi connectivity index (χ3n) is 6.04. The van der Waals surface area contributed by atoms with Gasteiger partial charge in [0, 0.05) is 42.4 Å². The number of carbonyl (C=O) groups is 1. The second kappa shape index (κ2) is 11.2. The van der Waals surface area contributed by atoms with Crippen molar-refractivity contribution in [3.8, 4) is 11.4 Å². The summed E-state index contributed by atoms with van der Waals surface area (Å²) >= 11 is 1.39. The van der Waals surface area contributed by atoms with Gasteiger partial charge in [0.1, 0.15) is 0 Å². The number of benzene rings is 2. The summed E-state index contributed by atoms with van der Waals surface area (Å²) in [5.41, 5.74) is 4.10. The standard InChI is InChI=1S/C27H28N6OS/c34-25(29-23-9-11-24(12-10-23)32-17-5-2-6-18-32)20-35-27-31-30-26(22-13-15-28-16-14-22)33(27)19-21-7-3-1-4-8-21/h1,3-4,7-16H,2,5-6,17-20H2,(H,29,34). The molecule has 4 aromatic rings. The zero-order valence-electron chi connectivity index (χ0n) is 19.5. The summed E-state index contributed by atoms with van der Waals surface area (Å²) in [5, 5.41) is 12.5.